The van der Waals surface area contributed by atoms with Crippen molar-refractivity contribution in [1.82, 2.24) is 9.88 Å². The number of hydrogen-bond donors (Lipinski definition) is 1. The van der Waals surface area contributed by atoms with Crippen LogP contribution in [0.15, 0.2) is 52.9 Å². The van der Waals surface area contributed by atoms with E-state index < -0.39 is 24.6 Å². The number of aliphatic carboxylic acids is 1. The maximum absolute atomic E-state index is 12.7. The van der Waals surface area contributed by atoms with Crippen molar-refractivity contribution in [2.45, 2.75) is 40.3 Å². The Morgan fingerprint density at radius 3 is 2.22 bits per heavy atom. The number of ether oxygens (including phenoxy) is 2. The SMILES string of the molecule is Cc1ccc(OC(=O)N(CC(=O)O)[C@@H](C)c2ccc(OCc3nc(C)oc3C)cc2)cc1. The summed E-state index contributed by atoms with van der Waals surface area (Å²) >= 11 is 0. The Morgan fingerprint density at radius 2 is 1.66 bits per heavy atom. The van der Waals surface area contributed by atoms with Gasteiger partial charge in [0.05, 0.1) is 6.04 Å². The summed E-state index contributed by atoms with van der Waals surface area (Å²) in [6.07, 6.45) is -0.735. The van der Waals surface area contributed by atoms with Crippen LogP contribution in [0.4, 0.5) is 4.79 Å². The molecule has 3 rings (SSSR count). The molecule has 32 heavy (non-hydrogen) atoms. The molecule has 0 fully saturated rings. The monoisotopic (exact) mass is 438 g/mol. The first-order valence-corrected chi connectivity index (χ1v) is 10.2. The fraction of sp³-hybridized carbons (Fsp3) is 0.292. The lowest BCUT2D eigenvalue weighted by Gasteiger charge is -2.27. The highest BCUT2D eigenvalue weighted by molar-refractivity contribution is 5.78. The minimum Gasteiger partial charge on any atom is -0.487 e. The standard InChI is InChI=1S/C24H26N2O6/c1-15-5-9-21(10-6-15)32-24(29)26(13-23(27)28)16(2)19-7-11-20(12-8-19)30-14-22-17(3)31-18(4)25-22/h5-12,16H,13-14H2,1-4H3,(H,27,28)/t16-/m0/s1. The van der Waals surface area contributed by atoms with Crippen molar-refractivity contribution in [2.24, 2.45) is 0 Å². The van der Waals surface area contributed by atoms with Gasteiger partial charge in [0, 0.05) is 6.92 Å². The van der Waals surface area contributed by atoms with Crippen LogP contribution in [-0.2, 0) is 11.4 Å². The second kappa shape index (κ2) is 10.00. The lowest BCUT2D eigenvalue weighted by atomic mass is 10.1. The van der Waals surface area contributed by atoms with Crippen molar-refractivity contribution in [3.63, 3.8) is 0 Å². The van der Waals surface area contributed by atoms with E-state index >= 15 is 0 Å². The third kappa shape index (κ3) is 5.87. The van der Waals surface area contributed by atoms with Crippen LogP contribution in [-0.4, -0.2) is 33.6 Å². The molecule has 1 N–H and O–H groups in total. The Labute approximate surface area is 186 Å². The van der Waals surface area contributed by atoms with Gasteiger partial charge in [0.1, 0.15) is 36.1 Å². The molecule has 1 aromatic heterocycles. The first-order valence-electron chi connectivity index (χ1n) is 10.2. The number of carboxylic acids is 1. The van der Waals surface area contributed by atoms with Crippen molar-refractivity contribution < 1.29 is 28.6 Å². The van der Waals surface area contributed by atoms with Crippen molar-refractivity contribution in [3.05, 3.63) is 77.0 Å². The summed E-state index contributed by atoms with van der Waals surface area (Å²) in [5.41, 5.74) is 2.50. The highest BCUT2D eigenvalue weighted by atomic mass is 16.6. The van der Waals surface area contributed by atoms with E-state index in [2.05, 4.69) is 4.98 Å². The topological polar surface area (TPSA) is 102 Å². The highest BCUT2D eigenvalue weighted by Gasteiger charge is 2.26. The van der Waals surface area contributed by atoms with E-state index in [0.717, 1.165) is 16.8 Å². The van der Waals surface area contributed by atoms with Crippen LogP contribution < -0.4 is 9.47 Å². The number of nitrogens with zero attached hydrogens (tertiary/aromatic N) is 2. The number of carbonyl (C=O) groups is 2. The van der Waals surface area contributed by atoms with Gasteiger partial charge in [0.15, 0.2) is 5.89 Å². The minimum absolute atomic E-state index is 0.270. The molecule has 3 aromatic rings. The average molecular weight is 438 g/mol. The normalized spacial score (nSPS) is 11.6. The minimum atomic E-state index is -1.13. The summed E-state index contributed by atoms with van der Waals surface area (Å²) in [7, 11) is 0. The lowest BCUT2D eigenvalue weighted by molar-refractivity contribution is -0.138. The Bertz CT molecular complexity index is 1070. The molecule has 0 aliphatic rings. The summed E-state index contributed by atoms with van der Waals surface area (Å²) in [5, 5.41) is 9.29. The molecule has 0 saturated carbocycles. The number of oxazole rings is 1. The molecule has 1 amide bonds. The summed E-state index contributed by atoms with van der Waals surface area (Å²) in [6.45, 7) is 7.05. The number of hydrogen-bond acceptors (Lipinski definition) is 6. The summed E-state index contributed by atoms with van der Waals surface area (Å²) in [5.74, 6) is 1.14. The Morgan fingerprint density at radius 1 is 1.03 bits per heavy atom. The molecule has 8 heteroatoms. The second-order valence-corrected chi connectivity index (χ2v) is 7.47. The van der Waals surface area contributed by atoms with Gasteiger partial charge < -0.3 is 19.0 Å². The molecule has 0 spiro atoms. The molecule has 8 nitrogen and oxygen atoms in total. The predicted molar refractivity (Wildman–Crippen MR) is 117 cm³/mol. The van der Waals surface area contributed by atoms with E-state index in [1.54, 1.807) is 50.2 Å². The van der Waals surface area contributed by atoms with E-state index in [1.165, 1.54) is 4.90 Å². The van der Waals surface area contributed by atoms with Crippen molar-refractivity contribution in [1.29, 1.82) is 0 Å². The number of carboxylic acid groups (broad SMARTS) is 1. The molecular weight excluding hydrogens is 412 g/mol. The van der Waals surface area contributed by atoms with Gasteiger partial charge in [-0.1, -0.05) is 29.8 Å². The fourth-order valence-electron chi connectivity index (χ4n) is 3.15. The molecule has 0 aliphatic carbocycles. The fourth-order valence-corrected chi connectivity index (χ4v) is 3.15. The number of aromatic nitrogens is 1. The number of benzene rings is 2. The second-order valence-electron chi connectivity index (χ2n) is 7.47. The van der Waals surface area contributed by atoms with Crippen molar-refractivity contribution in [3.8, 4) is 11.5 Å². The third-order valence-electron chi connectivity index (χ3n) is 4.97. The highest BCUT2D eigenvalue weighted by Crippen LogP contribution is 2.25. The third-order valence-corrected chi connectivity index (χ3v) is 4.97. The number of carbonyl (C=O) groups excluding carboxylic acids is 1. The van der Waals surface area contributed by atoms with Crippen LogP contribution >= 0.6 is 0 Å². The Balaban J connectivity index is 1.69. The van der Waals surface area contributed by atoms with Crippen LogP contribution in [0.5, 0.6) is 11.5 Å². The quantitative estimate of drug-likeness (QED) is 0.538. The Hall–Kier alpha value is -3.81. The first kappa shape index (κ1) is 22.9. The average Bonchev–Trinajstić information content (AvgIpc) is 3.08. The van der Waals surface area contributed by atoms with Gasteiger partial charge in [0.25, 0.3) is 0 Å². The summed E-state index contributed by atoms with van der Waals surface area (Å²) in [4.78, 5) is 29.5. The van der Waals surface area contributed by atoms with Crippen LogP contribution in [0.1, 0.15) is 41.4 Å². The summed E-state index contributed by atoms with van der Waals surface area (Å²) in [6, 6.07) is 13.5. The van der Waals surface area contributed by atoms with Crippen molar-refractivity contribution in [2.75, 3.05) is 6.54 Å². The molecule has 0 bridgehead atoms. The van der Waals surface area contributed by atoms with Gasteiger partial charge in [-0.2, -0.15) is 0 Å². The molecule has 168 valence electrons. The molecule has 1 atom stereocenters. The molecular formula is C24H26N2O6. The predicted octanol–water partition coefficient (Wildman–Crippen LogP) is 4.83. The van der Waals surface area contributed by atoms with Crippen LogP contribution in [0.2, 0.25) is 0 Å². The largest absolute Gasteiger partial charge is 0.487 e. The van der Waals surface area contributed by atoms with E-state index in [-0.39, 0.29) is 6.61 Å². The van der Waals surface area contributed by atoms with Gasteiger partial charge in [0.2, 0.25) is 0 Å². The molecule has 0 aliphatic heterocycles. The van der Waals surface area contributed by atoms with Gasteiger partial charge in [-0.25, -0.2) is 9.78 Å². The van der Waals surface area contributed by atoms with Gasteiger partial charge in [-0.3, -0.25) is 9.69 Å². The maximum Gasteiger partial charge on any atom is 0.416 e. The Kier molecular flexibility index (Phi) is 7.14. The van der Waals surface area contributed by atoms with E-state index in [9.17, 15) is 14.7 Å². The zero-order valence-corrected chi connectivity index (χ0v) is 18.5. The van der Waals surface area contributed by atoms with Crippen molar-refractivity contribution >= 4 is 12.1 Å². The number of amides is 1. The van der Waals surface area contributed by atoms with E-state index in [1.807, 2.05) is 26.0 Å². The lowest BCUT2D eigenvalue weighted by Crippen LogP contribution is -2.39. The van der Waals surface area contributed by atoms with Gasteiger partial charge in [-0.05, 0) is 50.6 Å². The molecule has 0 unspecified atom stereocenters. The smallest absolute Gasteiger partial charge is 0.416 e. The van der Waals surface area contributed by atoms with E-state index in [0.29, 0.717) is 23.1 Å². The number of aryl methyl sites for hydroxylation is 3. The first-order chi connectivity index (χ1) is 15.2. The zero-order valence-electron chi connectivity index (χ0n) is 18.5. The zero-order chi connectivity index (χ0) is 23.3. The van der Waals surface area contributed by atoms with E-state index in [4.69, 9.17) is 13.9 Å². The van der Waals surface area contributed by atoms with Crippen LogP contribution in [0, 0.1) is 20.8 Å². The van der Waals surface area contributed by atoms with Crippen LogP contribution in [0.3, 0.4) is 0 Å². The summed E-state index contributed by atoms with van der Waals surface area (Å²) < 4.78 is 16.5. The molecule has 0 saturated heterocycles. The van der Waals surface area contributed by atoms with Crippen LogP contribution in [0.25, 0.3) is 0 Å². The number of rotatable bonds is 8. The molecule has 1 heterocycles. The van der Waals surface area contributed by atoms with Gasteiger partial charge in [-0.15, -0.1) is 0 Å². The molecule has 0 radical (unpaired) electrons. The van der Waals surface area contributed by atoms with Gasteiger partial charge >= 0.3 is 12.1 Å². The molecule has 2 aromatic carbocycles. The maximum atomic E-state index is 12.7.